The summed E-state index contributed by atoms with van der Waals surface area (Å²) in [6.45, 7) is 8.98. The second-order valence-electron chi connectivity index (χ2n) is 8.09. The van der Waals surface area contributed by atoms with Crippen LogP contribution in [0.5, 0.6) is 11.5 Å². The zero-order valence-electron chi connectivity index (χ0n) is 18.3. The van der Waals surface area contributed by atoms with Crippen molar-refractivity contribution in [3.8, 4) is 11.5 Å². The van der Waals surface area contributed by atoms with Crippen molar-refractivity contribution in [2.24, 2.45) is 11.8 Å². The van der Waals surface area contributed by atoms with Gasteiger partial charge in [0.05, 0.1) is 7.11 Å². The molecule has 164 valence electrons. The lowest BCUT2D eigenvalue weighted by molar-refractivity contribution is -0.133. The Balaban J connectivity index is 2.27. The molecule has 2 rings (SSSR count). The monoisotopic (exact) mass is 433 g/mol. The Morgan fingerprint density at radius 2 is 1.60 bits per heavy atom. The molecule has 0 spiro atoms. The van der Waals surface area contributed by atoms with Crippen LogP contribution >= 0.6 is 0 Å². The number of carbonyl (C=O) groups is 1. The lowest BCUT2D eigenvalue weighted by atomic mass is 10.1. The number of hydrogen-bond acceptors (Lipinski definition) is 5. The van der Waals surface area contributed by atoms with Gasteiger partial charge in [0.1, 0.15) is 16.4 Å². The normalized spacial score (nSPS) is 11.6. The van der Waals surface area contributed by atoms with Gasteiger partial charge in [-0.1, -0.05) is 45.9 Å². The molecular formula is C23H31NO5S. The van der Waals surface area contributed by atoms with Gasteiger partial charge in [-0.15, -0.1) is 0 Å². The molecule has 0 aliphatic rings. The average molecular weight is 434 g/mol. The zero-order valence-corrected chi connectivity index (χ0v) is 19.1. The van der Waals surface area contributed by atoms with Crippen LogP contribution in [-0.4, -0.2) is 32.9 Å². The molecule has 1 amide bonds. The van der Waals surface area contributed by atoms with Gasteiger partial charge in [-0.25, -0.2) is 0 Å². The summed E-state index contributed by atoms with van der Waals surface area (Å²) in [5.74, 6) is 1.36. The molecule has 0 fully saturated rings. The topological polar surface area (TPSA) is 72.9 Å². The first-order valence-electron chi connectivity index (χ1n) is 10.1. The molecule has 0 saturated carbocycles. The third kappa shape index (κ3) is 6.76. The Bertz CT molecular complexity index is 936. The minimum atomic E-state index is -4.02. The van der Waals surface area contributed by atoms with Crippen LogP contribution in [0.25, 0.3) is 0 Å². The highest BCUT2D eigenvalue weighted by molar-refractivity contribution is 7.87. The summed E-state index contributed by atoms with van der Waals surface area (Å²) < 4.78 is 36.0. The highest BCUT2D eigenvalue weighted by atomic mass is 32.2. The number of benzene rings is 2. The predicted octanol–water partition coefficient (Wildman–Crippen LogP) is 4.49. The maximum absolute atomic E-state index is 12.8. The van der Waals surface area contributed by atoms with E-state index in [1.165, 1.54) is 19.2 Å². The molecule has 0 radical (unpaired) electrons. The van der Waals surface area contributed by atoms with Gasteiger partial charge in [0, 0.05) is 25.1 Å². The lowest BCUT2D eigenvalue weighted by Gasteiger charge is -2.26. The Kier molecular flexibility index (Phi) is 8.29. The van der Waals surface area contributed by atoms with Gasteiger partial charge < -0.3 is 13.8 Å². The van der Waals surface area contributed by atoms with Crippen LogP contribution in [0.15, 0.2) is 53.4 Å². The SMILES string of the molecule is COc1ccc(S(=O)(=O)Oc2ccccc2CN(CC(C)C)C(=O)CC(C)C)cc1. The minimum Gasteiger partial charge on any atom is -0.497 e. The molecule has 0 saturated heterocycles. The maximum Gasteiger partial charge on any atom is 0.339 e. The highest BCUT2D eigenvalue weighted by Gasteiger charge is 2.22. The van der Waals surface area contributed by atoms with E-state index in [4.69, 9.17) is 8.92 Å². The van der Waals surface area contributed by atoms with E-state index in [0.717, 1.165) is 0 Å². The Morgan fingerprint density at radius 1 is 0.967 bits per heavy atom. The van der Waals surface area contributed by atoms with Crippen LogP contribution < -0.4 is 8.92 Å². The second kappa shape index (κ2) is 10.5. The quantitative estimate of drug-likeness (QED) is 0.516. The largest absolute Gasteiger partial charge is 0.497 e. The number of carbonyl (C=O) groups excluding carboxylic acids is 1. The van der Waals surface area contributed by atoms with Crippen LogP contribution in [0.1, 0.15) is 39.7 Å². The molecule has 0 unspecified atom stereocenters. The van der Waals surface area contributed by atoms with Crippen molar-refractivity contribution in [2.45, 2.75) is 45.6 Å². The molecule has 30 heavy (non-hydrogen) atoms. The second-order valence-corrected chi connectivity index (χ2v) is 9.63. The van der Waals surface area contributed by atoms with Crippen molar-refractivity contribution in [3.05, 3.63) is 54.1 Å². The number of amides is 1. The molecule has 0 N–H and O–H groups in total. The molecule has 0 aliphatic heterocycles. The summed E-state index contributed by atoms with van der Waals surface area (Å²) in [5.41, 5.74) is 0.646. The smallest absolute Gasteiger partial charge is 0.339 e. The van der Waals surface area contributed by atoms with E-state index in [2.05, 4.69) is 0 Å². The van der Waals surface area contributed by atoms with E-state index in [1.807, 2.05) is 33.8 Å². The van der Waals surface area contributed by atoms with E-state index in [9.17, 15) is 13.2 Å². The summed E-state index contributed by atoms with van der Waals surface area (Å²) in [7, 11) is -2.50. The number of hydrogen-bond donors (Lipinski definition) is 0. The van der Waals surface area contributed by atoms with Crippen LogP contribution in [0.3, 0.4) is 0 Å². The number of ether oxygens (including phenoxy) is 1. The fourth-order valence-electron chi connectivity index (χ4n) is 3.00. The van der Waals surface area contributed by atoms with Gasteiger partial charge in [-0.3, -0.25) is 4.79 Å². The minimum absolute atomic E-state index is 0.0352. The van der Waals surface area contributed by atoms with E-state index < -0.39 is 10.1 Å². The molecule has 0 bridgehead atoms. The van der Waals surface area contributed by atoms with E-state index in [-0.39, 0.29) is 34.9 Å². The van der Waals surface area contributed by atoms with Crippen molar-refractivity contribution in [2.75, 3.05) is 13.7 Å². The van der Waals surface area contributed by atoms with Crippen LogP contribution in [0.4, 0.5) is 0 Å². The van der Waals surface area contributed by atoms with Crippen molar-refractivity contribution in [1.29, 1.82) is 0 Å². The Labute approximate surface area is 179 Å². The Morgan fingerprint density at radius 3 is 2.17 bits per heavy atom. The molecule has 0 atom stereocenters. The summed E-state index contributed by atoms with van der Waals surface area (Å²) in [6, 6.07) is 12.9. The predicted molar refractivity (Wildman–Crippen MR) is 117 cm³/mol. The van der Waals surface area contributed by atoms with Gasteiger partial charge in [0.2, 0.25) is 5.91 Å². The molecule has 6 nitrogen and oxygen atoms in total. The molecule has 0 aliphatic carbocycles. The number of para-hydroxylation sites is 1. The zero-order chi connectivity index (χ0) is 22.3. The highest BCUT2D eigenvalue weighted by Crippen LogP contribution is 2.26. The van der Waals surface area contributed by atoms with Crippen LogP contribution in [-0.2, 0) is 21.5 Å². The third-order valence-corrected chi connectivity index (χ3v) is 5.65. The van der Waals surface area contributed by atoms with Crippen molar-refractivity contribution in [3.63, 3.8) is 0 Å². The molecule has 0 aromatic heterocycles. The van der Waals surface area contributed by atoms with Gasteiger partial charge >= 0.3 is 10.1 Å². The summed E-state index contributed by atoms with van der Waals surface area (Å²) in [5, 5.41) is 0. The van der Waals surface area contributed by atoms with Crippen molar-refractivity contribution < 1.29 is 22.1 Å². The van der Waals surface area contributed by atoms with Crippen LogP contribution in [0.2, 0.25) is 0 Å². The fourth-order valence-corrected chi connectivity index (χ4v) is 3.97. The maximum atomic E-state index is 12.8. The number of rotatable bonds is 10. The Hall–Kier alpha value is -2.54. The first kappa shape index (κ1) is 23.7. The van der Waals surface area contributed by atoms with E-state index in [1.54, 1.807) is 35.2 Å². The molecular weight excluding hydrogens is 402 g/mol. The number of nitrogens with zero attached hydrogens (tertiary/aromatic N) is 1. The first-order valence-corrected chi connectivity index (χ1v) is 11.5. The van der Waals surface area contributed by atoms with Gasteiger partial charge in [-0.2, -0.15) is 8.42 Å². The molecule has 0 heterocycles. The standard InChI is InChI=1S/C23H31NO5S/c1-17(2)14-23(25)24(15-18(3)4)16-19-8-6-7-9-22(19)29-30(26,27)21-12-10-20(28-5)11-13-21/h6-13,17-18H,14-16H2,1-5H3. The van der Waals surface area contributed by atoms with Crippen molar-refractivity contribution >= 4 is 16.0 Å². The van der Waals surface area contributed by atoms with Crippen molar-refractivity contribution in [1.82, 2.24) is 4.90 Å². The summed E-state index contributed by atoms with van der Waals surface area (Å²) in [4.78, 5) is 14.5. The summed E-state index contributed by atoms with van der Waals surface area (Å²) in [6.07, 6.45) is 0.444. The number of methoxy groups -OCH3 is 1. The summed E-state index contributed by atoms with van der Waals surface area (Å²) >= 11 is 0. The molecule has 2 aromatic carbocycles. The van der Waals surface area contributed by atoms with Gasteiger partial charge in [-0.05, 0) is 42.2 Å². The average Bonchev–Trinajstić information content (AvgIpc) is 2.68. The van der Waals surface area contributed by atoms with E-state index in [0.29, 0.717) is 24.3 Å². The molecule has 7 heteroatoms. The fraction of sp³-hybridized carbons (Fsp3) is 0.435. The van der Waals surface area contributed by atoms with Gasteiger partial charge in [0.25, 0.3) is 0 Å². The molecule has 2 aromatic rings. The van der Waals surface area contributed by atoms with Crippen LogP contribution in [0, 0.1) is 11.8 Å². The van der Waals surface area contributed by atoms with Gasteiger partial charge in [0.15, 0.2) is 0 Å². The lowest BCUT2D eigenvalue weighted by Crippen LogP contribution is -2.34. The van der Waals surface area contributed by atoms with E-state index >= 15 is 0 Å². The third-order valence-electron chi connectivity index (χ3n) is 4.40. The first-order chi connectivity index (χ1) is 14.1.